The fourth-order valence-electron chi connectivity index (χ4n) is 3.18. The second-order valence-corrected chi connectivity index (χ2v) is 10.1. The Morgan fingerprint density at radius 1 is 1.03 bits per heavy atom. The summed E-state index contributed by atoms with van der Waals surface area (Å²) in [5.74, 6) is -1.01. The van der Waals surface area contributed by atoms with Crippen molar-refractivity contribution in [3.05, 3.63) is 88.0 Å². The minimum atomic E-state index is -3.92. The first kappa shape index (κ1) is 21.9. The van der Waals surface area contributed by atoms with Crippen LogP contribution in [0.3, 0.4) is 0 Å². The molecule has 0 bridgehead atoms. The molecule has 32 heavy (non-hydrogen) atoms. The molecule has 0 atom stereocenters. The Morgan fingerprint density at radius 2 is 1.72 bits per heavy atom. The number of rotatable bonds is 4. The van der Waals surface area contributed by atoms with Crippen LogP contribution in [0.1, 0.15) is 21.5 Å². The summed E-state index contributed by atoms with van der Waals surface area (Å²) in [6.45, 7) is 4.07. The molecule has 0 radical (unpaired) electrons. The number of carbonyl (C=O) groups is 1. The molecule has 1 aromatic heterocycles. The van der Waals surface area contributed by atoms with Gasteiger partial charge in [-0.1, -0.05) is 17.4 Å². The predicted molar refractivity (Wildman–Crippen MR) is 124 cm³/mol. The summed E-state index contributed by atoms with van der Waals surface area (Å²) < 4.78 is 43.5. The third-order valence-corrected chi connectivity index (χ3v) is 7.60. The summed E-state index contributed by atoms with van der Waals surface area (Å²) in [6, 6.07) is 14.7. The third-order valence-electron chi connectivity index (χ3n) is 5.11. The number of aryl methyl sites for hydroxylation is 3. The molecule has 9 heteroatoms. The number of amides is 1. The van der Waals surface area contributed by atoms with Gasteiger partial charge in [-0.3, -0.25) is 9.52 Å². The molecule has 6 nitrogen and oxygen atoms in total. The molecule has 1 N–H and O–H groups in total. The highest BCUT2D eigenvalue weighted by atomic mass is 32.2. The van der Waals surface area contributed by atoms with E-state index in [2.05, 4.69) is 21.8 Å². The summed E-state index contributed by atoms with van der Waals surface area (Å²) in [7, 11) is -2.07. The van der Waals surface area contributed by atoms with Crippen molar-refractivity contribution in [3.8, 4) is 0 Å². The van der Waals surface area contributed by atoms with Crippen LogP contribution in [0.2, 0.25) is 0 Å². The molecule has 0 spiro atoms. The fraction of sp³-hybridized carbons (Fsp3) is 0.130. The maximum atomic E-state index is 13.1. The van der Waals surface area contributed by atoms with Crippen LogP contribution < -0.4 is 9.52 Å². The SMILES string of the molecule is Cc1cc2sc(=NC(=O)c3cccc(NS(=O)(=O)c4ccc(F)cc4)c3)n(C)c2cc1C. The number of aromatic nitrogens is 1. The van der Waals surface area contributed by atoms with E-state index in [1.165, 1.54) is 41.2 Å². The van der Waals surface area contributed by atoms with Gasteiger partial charge in [0.2, 0.25) is 0 Å². The quantitative estimate of drug-likeness (QED) is 0.477. The highest BCUT2D eigenvalue weighted by Crippen LogP contribution is 2.22. The lowest BCUT2D eigenvalue weighted by Crippen LogP contribution is -2.14. The monoisotopic (exact) mass is 469 g/mol. The Balaban J connectivity index is 1.65. The van der Waals surface area contributed by atoms with Gasteiger partial charge < -0.3 is 4.57 Å². The Hall–Kier alpha value is -3.30. The first-order valence-corrected chi connectivity index (χ1v) is 12.0. The molecule has 0 unspecified atom stereocenters. The van der Waals surface area contributed by atoms with Crippen LogP contribution in [0, 0.1) is 19.7 Å². The van der Waals surface area contributed by atoms with Gasteiger partial charge in [0.25, 0.3) is 15.9 Å². The van der Waals surface area contributed by atoms with E-state index in [4.69, 9.17) is 0 Å². The van der Waals surface area contributed by atoms with Gasteiger partial charge in [0.05, 0.1) is 15.1 Å². The molecule has 3 aromatic carbocycles. The van der Waals surface area contributed by atoms with E-state index in [0.717, 1.165) is 27.9 Å². The lowest BCUT2D eigenvalue weighted by molar-refractivity contribution is 0.0998. The number of thiazole rings is 1. The van der Waals surface area contributed by atoms with Crippen molar-refractivity contribution in [2.75, 3.05) is 4.72 Å². The number of hydrogen-bond acceptors (Lipinski definition) is 4. The van der Waals surface area contributed by atoms with Crippen molar-refractivity contribution in [1.29, 1.82) is 0 Å². The Morgan fingerprint density at radius 3 is 2.44 bits per heavy atom. The van der Waals surface area contributed by atoms with Crippen LogP contribution >= 0.6 is 11.3 Å². The minimum absolute atomic E-state index is 0.0804. The van der Waals surface area contributed by atoms with Gasteiger partial charge in [0.1, 0.15) is 5.82 Å². The van der Waals surface area contributed by atoms with Crippen molar-refractivity contribution in [2.24, 2.45) is 12.0 Å². The minimum Gasteiger partial charge on any atom is -0.319 e. The molecule has 0 aliphatic carbocycles. The zero-order valence-corrected chi connectivity index (χ0v) is 19.2. The lowest BCUT2D eigenvalue weighted by Gasteiger charge is -2.08. The van der Waals surface area contributed by atoms with Gasteiger partial charge in [0, 0.05) is 18.3 Å². The van der Waals surface area contributed by atoms with Gasteiger partial charge in [-0.15, -0.1) is 0 Å². The van der Waals surface area contributed by atoms with Crippen molar-refractivity contribution in [3.63, 3.8) is 0 Å². The second-order valence-electron chi connectivity index (χ2n) is 7.41. The van der Waals surface area contributed by atoms with Crippen molar-refractivity contribution >= 4 is 43.2 Å². The van der Waals surface area contributed by atoms with Crippen molar-refractivity contribution < 1.29 is 17.6 Å². The standard InChI is InChI=1S/C23H20FN3O3S2/c1-14-11-20-21(12-15(14)2)31-23(27(20)3)25-22(28)16-5-4-6-18(13-16)26-32(29,30)19-9-7-17(24)8-10-19/h4-13,26H,1-3H3. The zero-order chi connectivity index (χ0) is 23.0. The normalized spacial score (nSPS) is 12.3. The highest BCUT2D eigenvalue weighted by Gasteiger charge is 2.15. The van der Waals surface area contributed by atoms with Crippen LogP contribution in [0.25, 0.3) is 10.2 Å². The number of hydrogen-bond donors (Lipinski definition) is 1. The van der Waals surface area contributed by atoms with E-state index in [-0.39, 0.29) is 16.1 Å². The fourth-order valence-corrected chi connectivity index (χ4v) is 5.33. The summed E-state index contributed by atoms with van der Waals surface area (Å²) in [4.78, 5) is 17.5. The number of fused-ring (bicyclic) bond motifs is 1. The Kier molecular flexibility index (Phi) is 5.70. The molecule has 0 saturated heterocycles. The average Bonchev–Trinajstić information content (AvgIpc) is 3.03. The lowest BCUT2D eigenvalue weighted by atomic mass is 10.1. The Bertz CT molecular complexity index is 1520. The average molecular weight is 470 g/mol. The topological polar surface area (TPSA) is 80.5 Å². The van der Waals surface area contributed by atoms with E-state index >= 15 is 0 Å². The number of benzene rings is 3. The highest BCUT2D eigenvalue weighted by molar-refractivity contribution is 7.92. The molecule has 0 saturated carbocycles. The van der Waals surface area contributed by atoms with Gasteiger partial charge >= 0.3 is 0 Å². The van der Waals surface area contributed by atoms with E-state index in [0.29, 0.717) is 4.80 Å². The first-order chi connectivity index (χ1) is 15.1. The van der Waals surface area contributed by atoms with Gasteiger partial charge in [-0.2, -0.15) is 4.99 Å². The summed E-state index contributed by atoms with van der Waals surface area (Å²) in [6.07, 6.45) is 0. The van der Waals surface area contributed by atoms with Crippen LogP contribution in [0.15, 0.2) is 70.6 Å². The summed E-state index contributed by atoms with van der Waals surface area (Å²) in [5.41, 5.74) is 3.77. The molecule has 0 fully saturated rings. The molecule has 1 heterocycles. The summed E-state index contributed by atoms with van der Waals surface area (Å²) >= 11 is 1.42. The van der Waals surface area contributed by atoms with Crippen LogP contribution in [0.5, 0.6) is 0 Å². The second kappa shape index (κ2) is 8.33. The molecule has 1 amide bonds. The third kappa shape index (κ3) is 4.35. The van der Waals surface area contributed by atoms with E-state index in [9.17, 15) is 17.6 Å². The van der Waals surface area contributed by atoms with Crippen molar-refractivity contribution in [1.82, 2.24) is 4.57 Å². The van der Waals surface area contributed by atoms with Crippen LogP contribution in [-0.2, 0) is 17.1 Å². The van der Waals surface area contributed by atoms with Gasteiger partial charge in [-0.05, 0) is 79.6 Å². The first-order valence-electron chi connectivity index (χ1n) is 9.68. The predicted octanol–water partition coefficient (Wildman–Crippen LogP) is 4.54. The molecule has 0 aliphatic rings. The molecule has 4 aromatic rings. The maximum absolute atomic E-state index is 13.1. The van der Waals surface area contributed by atoms with Gasteiger partial charge in [-0.25, -0.2) is 12.8 Å². The number of carbonyl (C=O) groups excluding carboxylic acids is 1. The van der Waals surface area contributed by atoms with E-state index in [1.807, 2.05) is 25.5 Å². The molecule has 4 rings (SSSR count). The zero-order valence-electron chi connectivity index (χ0n) is 17.6. The van der Waals surface area contributed by atoms with Crippen molar-refractivity contribution in [2.45, 2.75) is 18.7 Å². The Labute approximate surface area is 188 Å². The number of nitrogens with zero attached hydrogens (tertiary/aromatic N) is 2. The van der Waals surface area contributed by atoms with E-state index < -0.39 is 21.7 Å². The van der Waals surface area contributed by atoms with E-state index in [1.54, 1.807) is 12.1 Å². The number of nitrogens with one attached hydrogen (secondary N) is 1. The molecular formula is C23H20FN3O3S2. The molecular weight excluding hydrogens is 449 g/mol. The number of anilines is 1. The van der Waals surface area contributed by atoms with Crippen LogP contribution in [0.4, 0.5) is 10.1 Å². The molecule has 0 aliphatic heterocycles. The smallest absolute Gasteiger partial charge is 0.279 e. The van der Waals surface area contributed by atoms with Crippen LogP contribution in [-0.4, -0.2) is 18.9 Å². The summed E-state index contributed by atoms with van der Waals surface area (Å²) in [5, 5.41) is 0. The largest absolute Gasteiger partial charge is 0.319 e. The molecule has 164 valence electrons. The van der Waals surface area contributed by atoms with Gasteiger partial charge in [0.15, 0.2) is 4.80 Å². The number of halogens is 1. The maximum Gasteiger partial charge on any atom is 0.279 e. The number of sulfonamides is 1.